The third-order valence-electron chi connectivity index (χ3n) is 19.2. The van der Waals surface area contributed by atoms with Gasteiger partial charge in [0.25, 0.3) is 11.8 Å². The fourth-order valence-electron chi connectivity index (χ4n) is 12.8. The van der Waals surface area contributed by atoms with Gasteiger partial charge in [0.1, 0.15) is 96.6 Å². The predicted molar refractivity (Wildman–Crippen MR) is 454 cm³/mol. The van der Waals surface area contributed by atoms with E-state index < -0.39 is 163 Å². The number of hydrogen-bond donors (Lipinski definition) is 18. The Hall–Kier alpha value is -5.41. The molecular formula is C75H121N10O20P5S. The summed E-state index contributed by atoms with van der Waals surface area (Å²) in [6.07, 6.45) is 19.9. The van der Waals surface area contributed by atoms with Gasteiger partial charge >= 0.3 is 12.1 Å². The smallest absolute Gasteiger partial charge is 0.325 e. The minimum Gasteiger partial charge on any atom is -0.391 e. The first-order valence-electron chi connectivity index (χ1n) is 36.1. The molecule has 0 saturated carbocycles. The molecule has 0 bridgehead atoms. The van der Waals surface area contributed by atoms with Crippen molar-refractivity contribution in [2.45, 2.75) is 161 Å². The van der Waals surface area contributed by atoms with Gasteiger partial charge in [0, 0.05) is 71.9 Å². The molecule has 10 rings (SSSR count). The lowest BCUT2D eigenvalue weighted by atomic mass is 9.99. The standard InChI is InChI=1S/C17H25N2O4P.C15H25N2O5P.C15H25N2O4P.C14H23N2O4P.C14H23N2O3PS/c1-6-7-12-10-19(11(2)18-16(12)22)17-15(21)14(20)13(23-17)8-9-24(3,4)5;1-9-16-14(21)10(8-18)7-17(9)15-13(20)12(19)11(22-15)5-6-23(2,3)4;1-9-10(8-17(2)15(20)16-9)14-13(19)12(18)11(21-14)6-7-22(3,4)5;1-8-9(7-15-14(19)16-8)13-12(18)11(17)10(20-13)5-6-21(2,3)4;1-8-9(7-15-14(21)16-8)13-12(18)11(17)10(19-13)5-6-20(2,3)4/h10,13-15,17,20-21H,2-3,8-9H2,1,4-5H3,(H,18,22);7,11-13,15,18-20H,1-2,5-6,8H2,3-4H3,(H,16,21);8,11-14,18-19H,1,3,6-7H2,2,4-5H3,(H,16,20);7,10-13,17-18H,1-2,5-6H2,3-4H3,(H2,15,16,19);7,10-13,17-18H,1-2,5-6H2,3-4H3,(H2,15,16,21)/t13?,14-,15-,17-;11?,12-,13-,15-;11?,12-,13-,14+;2*10?,11-,12-,13+/m11111/s1. The average Bonchev–Trinajstić information content (AvgIpc) is 1.70. The lowest BCUT2D eigenvalue weighted by Crippen LogP contribution is -2.48. The van der Waals surface area contributed by atoms with E-state index in [0.29, 0.717) is 71.0 Å². The fraction of sp³-hybridized carbons (Fsp3) is 0.573. The van der Waals surface area contributed by atoms with Crippen LogP contribution in [0.1, 0.15) is 39.0 Å². The quantitative estimate of drug-likeness (QED) is 0.0433. The van der Waals surface area contributed by atoms with Crippen LogP contribution in [-0.4, -0.2) is 365 Å². The van der Waals surface area contributed by atoms with Gasteiger partial charge in [-0.05, 0) is 149 Å². The van der Waals surface area contributed by atoms with Crippen LogP contribution in [-0.2, 0) is 33.3 Å². The Kier molecular flexibility index (Phi) is 33.6. The van der Waals surface area contributed by atoms with Crippen LogP contribution in [0.25, 0.3) is 0 Å². The monoisotopic (exact) mass is 1670 g/mol. The van der Waals surface area contributed by atoms with Crippen molar-refractivity contribution in [3.05, 3.63) is 120 Å². The molecular weight excluding hydrogens is 1550 g/mol. The molecule has 10 aliphatic heterocycles. The Bertz CT molecular complexity index is 3920. The van der Waals surface area contributed by atoms with Gasteiger partial charge in [0.15, 0.2) is 17.6 Å². The number of carbonyl (C=O) groups excluding carboxylic acids is 4. The number of thiocarbonyl (C=S) groups is 1. The van der Waals surface area contributed by atoms with Crippen molar-refractivity contribution in [1.82, 2.24) is 51.9 Å². The van der Waals surface area contributed by atoms with Crippen molar-refractivity contribution in [1.29, 1.82) is 0 Å². The number of aliphatic hydroxyl groups excluding tert-OH is 11. The molecule has 10 aliphatic rings. The van der Waals surface area contributed by atoms with E-state index in [1.54, 1.807) is 26.4 Å². The molecule has 5 unspecified atom stereocenters. The van der Waals surface area contributed by atoms with Crippen LogP contribution >= 0.6 is 46.6 Å². The summed E-state index contributed by atoms with van der Waals surface area (Å²) in [5, 5.41) is 131. The molecule has 5 saturated heterocycles. The van der Waals surface area contributed by atoms with Gasteiger partial charge in [-0.1, -0.05) is 38.8 Å². The lowest BCUT2D eigenvalue weighted by molar-refractivity contribution is -0.120. The third kappa shape index (κ3) is 26.6. The van der Waals surface area contributed by atoms with Crippen LogP contribution < -0.4 is 37.2 Å². The highest BCUT2D eigenvalue weighted by Crippen LogP contribution is 2.44. The molecule has 20 atom stereocenters. The molecule has 30 nitrogen and oxygen atoms in total. The summed E-state index contributed by atoms with van der Waals surface area (Å²) in [5.74, 6) is 5.09. The highest BCUT2D eigenvalue weighted by molar-refractivity contribution is 7.80. The number of ether oxygens (including phenoxy) is 5. The second-order valence-electron chi connectivity index (χ2n) is 32.4. The van der Waals surface area contributed by atoms with E-state index >= 15 is 0 Å². The van der Waals surface area contributed by atoms with Gasteiger partial charge in [0.05, 0.1) is 42.7 Å². The SMILES string of the molecule is C=C1NC(=O)C(C#CC)=CN1[C@@H]1OC(CCP(=C)(C)C)[C@@H](O)[C@H]1O.C=C1NC(=O)C(CO)=CN1[C@@H]1OC(CCP(=C)(C)C)[C@@H](O)[C@H]1O.C=C1NC(=O)N(C)C=C1[C@@H]1OC(CCP(=C)(C)C)[C@@H](O)[C@H]1O.C=C1NC(=O)NC=C1[C@@H]1OC(CCP(=C)(C)C)[C@@H](O)[C@H]1O.C=C1NC(=S)NC=C1[C@@H]1OC(CCP(=C)(C)C)[C@@H](O)[C@H]1O. The Morgan fingerprint density at radius 2 is 0.775 bits per heavy atom. The molecule has 36 heteroatoms. The van der Waals surface area contributed by atoms with Crippen molar-refractivity contribution in [3.8, 4) is 11.8 Å². The number of nitrogens with zero attached hydrogens (tertiary/aromatic N) is 3. The number of aliphatic hydroxyl groups is 11. The summed E-state index contributed by atoms with van der Waals surface area (Å²) >= 11 is 4.99. The van der Waals surface area contributed by atoms with Crippen LogP contribution in [0.15, 0.2) is 120 Å². The van der Waals surface area contributed by atoms with Crippen molar-refractivity contribution >= 4 is 107 Å². The predicted octanol–water partition coefficient (Wildman–Crippen LogP) is 1.02. The molecule has 0 aliphatic carbocycles. The molecule has 5 fully saturated rings. The second kappa shape index (κ2) is 39.5. The largest absolute Gasteiger partial charge is 0.391 e. The number of nitrogens with one attached hydrogen (secondary N) is 7. The van der Waals surface area contributed by atoms with Gasteiger partial charge in [0.2, 0.25) is 0 Å². The molecule has 0 aromatic rings. The molecule has 111 heavy (non-hydrogen) atoms. The summed E-state index contributed by atoms with van der Waals surface area (Å²) in [6.45, 7) is 35.2. The van der Waals surface area contributed by atoms with E-state index in [0.717, 1.165) is 30.8 Å². The maximum atomic E-state index is 11.9. The highest BCUT2D eigenvalue weighted by atomic mass is 32.1. The van der Waals surface area contributed by atoms with Crippen LogP contribution in [0.3, 0.4) is 0 Å². The molecule has 18 N–H and O–H groups in total. The first kappa shape index (κ1) is 94.4. The van der Waals surface area contributed by atoms with Crippen LogP contribution in [0, 0.1) is 11.8 Å². The Labute approximate surface area is 659 Å². The zero-order chi connectivity index (χ0) is 83.7. The topological polar surface area (TPSA) is 431 Å². The Morgan fingerprint density at radius 1 is 0.441 bits per heavy atom. The number of hydrogen-bond acceptors (Lipinski definition) is 23. The molecule has 0 aromatic heterocycles. The van der Waals surface area contributed by atoms with E-state index in [9.17, 15) is 75.3 Å². The van der Waals surface area contributed by atoms with Gasteiger partial charge in [-0.3, -0.25) is 9.59 Å². The first-order chi connectivity index (χ1) is 51.2. The Morgan fingerprint density at radius 3 is 1.14 bits per heavy atom. The number of urea groups is 2. The van der Waals surface area contributed by atoms with E-state index in [4.69, 9.17) is 35.9 Å². The number of carbonyl (C=O) groups is 4. The second-order valence-corrected chi connectivity index (χ2v) is 54.4. The summed E-state index contributed by atoms with van der Waals surface area (Å²) in [5.41, 5.74) is 3.55. The first-order valence-corrected chi connectivity index (χ1v) is 51.8. The van der Waals surface area contributed by atoms with E-state index in [1.807, 2.05) is 0 Å². The summed E-state index contributed by atoms with van der Waals surface area (Å²) in [6, 6.07) is -0.668. The summed E-state index contributed by atoms with van der Waals surface area (Å²) in [7, 11) is 1.60. The van der Waals surface area contributed by atoms with Crippen molar-refractivity contribution < 1.29 is 99.0 Å². The molecule has 0 aromatic carbocycles. The van der Waals surface area contributed by atoms with Gasteiger partial charge < -0.3 is 132 Å². The zero-order valence-corrected chi connectivity index (χ0v) is 71.2. The van der Waals surface area contributed by atoms with Gasteiger partial charge in [-0.15, -0.1) is 71.8 Å². The van der Waals surface area contributed by atoms with E-state index in [1.165, 1.54) is 33.3 Å². The zero-order valence-electron chi connectivity index (χ0n) is 65.9. The molecule has 0 radical (unpaired) electrons. The van der Waals surface area contributed by atoms with Crippen molar-refractivity contribution in [2.75, 3.05) is 111 Å². The van der Waals surface area contributed by atoms with Gasteiger partial charge in [-0.2, -0.15) is 0 Å². The molecule has 10 heterocycles. The number of amides is 6. The van der Waals surface area contributed by atoms with Crippen molar-refractivity contribution in [2.24, 2.45) is 0 Å². The lowest BCUT2D eigenvalue weighted by Gasteiger charge is -2.34. The summed E-state index contributed by atoms with van der Waals surface area (Å²) in [4.78, 5) is 50.5. The molecule has 6 amide bonds. The maximum Gasteiger partial charge on any atom is 0.325 e. The summed E-state index contributed by atoms with van der Waals surface area (Å²) < 4.78 is 29.2. The third-order valence-corrected chi connectivity index (χ3v) is 26.8. The van der Waals surface area contributed by atoms with E-state index in [2.05, 4.69) is 180 Å². The van der Waals surface area contributed by atoms with Gasteiger partial charge in [-0.25, -0.2) is 9.59 Å². The van der Waals surface area contributed by atoms with Crippen LogP contribution in [0.2, 0.25) is 0 Å². The van der Waals surface area contributed by atoms with Crippen molar-refractivity contribution in [3.63, 3.8) is 0 Å². The molecule has 0 spiro atoms. The fourth-order valence-corrected chi connectivity index (χ4v) is 17.7. The van der Waals surface area contributed by atoms with E-state index in [-0.39, 0.29) is 46.9 Å². The highest BCUT2D eigenvalue weighted by Gasteiger charge is 2.51. The minimum atomic E-state index is -1.26. The minimum absolute atomic E-state index is 0.135. The number of rotatable bonds is 21. The average molecular weight is 1670 g/mol. The van der Waals surface area contributed by atoms with Crippen LogP contribution in [0.5, 0.6) is 0 Å². The molecule has 622 valence electrons. The normalized spacial score (nSPS) is 32.4. The van der Waals surface area contributed by atoms with Crippen LogP contribution in [0.4, 0.5) is 9.59 Å². The Balaban J connectivity index is 0.000000217. The maximum absolute atomic E-state index is 11.9.